The Bertz CT molecular complexity index is 998. The molecule has 0 spiro atoms. The van der Waals surface area contributed by atoms with E-state index in [9.17, 15) is 14.9 Å². The van der Waals surface area contributed by atoms with Gasteiger partial charge in [-0.2, -0.15) is 5.26 Å². The molecule has 8 heteroatoms. The number of rotatable bonds is 5. The number of likely N-dealkylation sites (N-methyl/N-ethyl adjacent to an activating group) is 1. The molecule has 0 radical (unpaired) electrons. The molecule has 0 N–H and O–H groups in total. The van der Waals surface area contributed by atoms with Gasteiger partial charge in [0.1, 0.15) is 21.8 Å². The molecule has 0 unspecified atom stereocenters. The first-order valence-electron chi connectivity index (χ1n) is 10.4. The molecule has 0 atom stereocenters. The lowest BCUT2D eigenvalue weighted by molar-refractivity contribution is -0.121. The Labute approximate surface area is 187 Å². The second-order valence-corrected chi connectivity index (χ2v) is 9.75. The fraction of sp³-hybridized carbons (Fsp3) is 0.545. The lowest BCUT2D eigenvalue weighted by Crippen LogP contribution is -2.39. The van der Waals surface area contributed by atoms with Crippen molar-refractivity contribution in [2.45, 2.75) is 53.0 Å². The molecule has 0 saturated carbocycles. The molecule has 6 nitrogen and oxygen atoms in total. The maximum Gasteiger partial charge on any atom is 0.270 e. The van der Waals surface area contributed by atoms with Crippen LogP contribution in [0.15, 0.2) is 9.70 Å². The number of aromatic nitrogens is 1. The highest BCUT2D eigenvalue weighted by Crippen LogP contribution is 2.36. The van der Waals surface area contributed by atoms with Crippen LogP contribution in [0.4, 0.5) is 5.82 Å². The third kappa shape index (κ3) is 4.19. The molecule has 160 valence electrons. The Morgan fingerprint density at radius 2 is 1.97 bits per heavy atom. The number of piperidine rings is 1. The van der Waals surface area contributed by atoms with E-state index in [4.69, 9.17) is 12.2 Å². The molecule has 2 saturated heterocycles. The van der Waals surface area contributed by atoms with Gasteiger partial charge in [-0.05, 0) is 43.7 Å². The fourth-order valence-corrected chi connectivity index (χ4v) is 5.07. The monoisotopic (exact) mass is 444 g/mol. The van der Waals surface area contributed by atoms with E-state index >= 15 is 0 Å². The minimum atomic E-state index is -0.239. The molecule has 0 aliphatic carbocycles. The maximum absolute atomic E-state index is 13.2. The van der Waals surface area contributed by atoms with Gasteiger partial charge in [0.25, 0.3) is 11.5 Å². The zero-order valence-electron chi connectivity index (χ0n) is 18.0. The number of nitriles is 1. The van der Waals surface area contributed by atoms with Crippen LogP contribution < -0.4 is 10.5 Å². The minimum Gasteiger partial charge on any atom is -0.357 e. The average molecular weight is 445 g/mol. The van der Waals surface area contributed by atoms with Crippen LogP contribution in [-0.4, -0.2) is 39.8 Å². The molecular weight excluding hydrogens is 416 g/mol. The molecule has 2 aliphatic rings. The van der Waals surface area contributed by atoms with Crippen molar-refractivity contribution in [3.05, 3.63) is 31.9 Å². The normalized spacial score (nSPS) is 19.1. The highest BCUT2D eigenvalue weighted by Gasteiger charge is 2.31. The van der Waals surface area contributed by atoms with Crippen LogP contribution in [-0.2, 0) is 11.3 Å². The topological polar surface area (TPSA) is 69.3 Å². The van der Waals surface area contributed by atoms with Gasteiger partial charge in [-0.25, -0.2) is 0 Å². The lowest BCUT2D eigenvalue weighted by atomic mass is 9.97. The number of pyridine rings is 1. The highest BCUT2D eigenvalue weighted by molar-refractivity contribution is 8.26. The summed E-state index contributed by atoms with van der Waals surface area (Å²) in [4.78, 5) is 30.1. The summed E-state index contributed by atoms with van der Waals surface area (Å²) in [5, 5.41) is 9.71. The Kier molecular flexibility index (Phi) is 7.04. The third-order valence-electron chi connectivity index (χ3n) is 5.93. The van der Waals surface area contributed by atoms with Crippen molar-refractivity contribution >= 4 is 46.1 Å². The number of thiocarbonyl (C=S) groups is 1. The van der Waals surface area contributed by atoms with Crippen molar-refractivity contribution in [2.24, 2.45) is 5.92 Å². The number of carbonyl (C=O) groups is 1. The zero-order chi connectivity index (χ0) is 22.0. The summed E-state index contributed by atoms with van der Waals surface area (Å²) < 4.78 is 2.26. The fourth-order valence-electron chi connectivity index (χ4n) is 3.91. The predicted octanol–water partition coefficient (Wildman–Crippen LogP) is 3.90. The van der Waals surface area contributed by atoms with Crippen LogP contribution in [0.1, 0.15) is 56.2 Å². The Morgan fingerprint density at radius 3 is 2.50 bits per heavy atom. The van der Waals surface area contributed by atoms with Gasteiger partial charge in [-0.1, -0.05) is 44.2 Å². The molecule has 1 aromatic rings. The summed E-state index contributed by atoms with van der Waals surface area (Å²) in [6, 6.07) is 2.10. The van der Waals surface area contributed by atoms with Crippen LogP contribution in [0.25, 0.3) is 6.08 Å². The summed E-state index contributed by atoms with van der Waals surface area (Å²) in [6.45, 7) is 8.40. The van der Waals surface area contributed by atoms with E-state index in [1.54, 1.807) is 18.5 Å². The van der Waals surface area contributed by atoms with E-state index in [1.165, 1.54) is 16.7 Å². The van der Waals surface area contributed by atoms with Crippen molar-refractivity contribution in [1.82, 2.24) is 9.47 Å². The molecular formula is C22H28N4O2S2. The van der Waals surface area contributed by atoms with Crippen LogP contribution in [0.3, 0.4) is 0 Å². The van der Waals surface area contributed by atoms with Gasteiger partial charge in [0, 0.05) is 32.2 Å². The first-order valence-corrected chi connectivity index (χ1v) is 11.7. The summed E-state index contributed by atoms with van der Waals surface area (Å²) in [7, 11) is 1.67. The SMILES string of the molecule is CCCCn1c(N2CCC(C)CC2)c(C=C2SC(=S)N(C)C2=O)c(C)c(C#N)c1=O. The minimum absolute atomic E-state index is 0.146. The first kappa shape index (κ1) is 22.6. The number of unbranched alkanes of at least 4 members (excludes halogenated alkanes) is 1. The number of anilines is 1. The van der Waals surface area contributed by atoms with Crippen molar-refractivity contribution in [1.29, 1.82) is 5.26 Å². The second kappa shape index (κ2) is 9.36. The molecule has 0 bridgehead atoms. The van der Waals surface area contributed by atoms with E-state index in [0.717, 1.165) is 50.2 Å². The number of hydrogen-bond acceptors (Lipinski definition) is 6. The van der Waals surface area contributed by atoms with Crippen LogP contribution >= 0.6 is 24.0 Å². The van der Waals surface area contributed by atoms with Crippen molar-refractivity contribution in [2.75, 3.05) is 25.0 Å². The summed E-state index contributed by atoms with van der Waals surface area (Å²) in [5.74, 6) is 1.34. The number of amides is 1. The van der Waals surface area contributed by atoms with E-state index < -0.39 is 0 Å². The summed E-state index contributed by atoms with van der Waals surface area (Å²) in [6.07, 6.45) is 5.73. The Hall–Kier alpha value is -2.11. The van der Waals surface area contributed by atoms with Gasteiger partial charge >= 0.3 is 0 Å². The zero-order valence-corrected chi connectivity index (χ0v) is 19.7. The molecule has 30 heavy (non-hydrogen) atoms. The lowest BCUT2D eigenvalue weighted by Gasteiger charge is -2.35. The standard InChI is InChI=1S/C22H28N4O2S2/c1-5-6-9-26-19(25-10-7-14(2)8-11-25)16(15(3)17(13-23)20(26)27)12-18-21(28)24(4)22(29)30-18/h12,14H,5-11H2,1-4H3. The van der Waals surface area contributed by atoms with E-state index in [-0.39, 0.29) is 17.0 Å². The second-order valence-electron chi connectivity index (χ2n) is 8.07. The molecule has 1 aromatic heterocycles. The molecule has 3 rings (SSSR count). The molecule has 0 aromatic carbocycles. The molecule has 2 fully saturated rings. The average Bonchev–Trinajstić information content (AvgIpc) is 2.97. The Morgan fingerprint density at radius 1 is 1.30 bits per heavy atom. The largest absolute Gasteiger partial charge is 0.357 e. The molecule has 2 aliphatic heterocycles. The van der Waals surface area contributed by atoms with Crippen LogP contribution in [0.2, 0.25) is 0 Å². The third-order valence-corrected chi connectivity index (χ3v) is 7.41. The predicted molar refractivity (Wildman–Crippen MR) is 127 cm³/mol. The Balaban J connectivity index is 2.25. The molecule has 3 heterocycles. The van der Waals surface area contributed by atoms with Crippen molar-refractivity contribution in [3.8, 4) is 6.07 Å². The van der Waals surface area contributed by atoms with Crippen LogP contribution in [0, 0.1) is 24.2 Å². The quantitative estimate of drug-likeness (QED) is 0.507. The van der Waals surface area contributed by atoms with Gasteiger partial charge in [-0.15, -0.1) is 0 Å². The van der Waals surface area contributed by atoms with E-state index in [2.05, 4.69) is 24.8 Å². The van der Waals surface area contributed by atoms with Gasteiger partial charge in [0.15, 0.2) is 0 Å². The van der Waals surface area contributed by atoms with E-state index in [0.29, 0.717) is 27.3 Å². The number of thioether (sulfide) groups is 1. The maximum atomic E-state index is 13.2. The van der Waals surface area contributed by atoms with Crippen molar-refractivity contribution < 1.29 is 4.79 Å². The smallest absolute Gasteiger partial charge is 0.270 e. The first-order chi connectivity index (χ1) is 14.3. The van der Waals surface area contributed by atoms with Crippen molar-refractivity contribution in [3.63, 3.8) is 0 Å². The number of hydrogen-bond donors (Lipinski definition) is 0. The highest BCUT2D eigenvalue weighted by atomic mass is 32.2. The summed E-state index contributed by atoms with van der Waals surface area (Å²) >= 11 is 6.54. The number of nitrogens with zero attached hydrogens (tertiary/aromatic N) is 4. The van der Waals surface area contributed by atoms with Gasteiger partial charge in [0.05, 0.1) is 4.91 Å². The number of carbonyl (C=O) groups excluding carboxylic acids is 1. The van der Waals surface area contributed by atoms with Gasteiger partial charge < -0.3 is 4.90 Å². The molecule has 1 amide bonds. The van der Waals surface area contributed by atoms with Gasteiger partial charge in [-0.3, -0.25) is 19.1 Å². The van der Waals surface area contributed by atoms with Gasteiger partial charge in [0.2, 0.25) is 0 Å². The van der Waals surface area contributed by atoms with E-state index in [1.807, 2.05) is 6.08 Å². The summed E-state index contributed by atoms with van der Waals surface area (Å²) in [5.41, 5.74) is 1.33. The van der Waals surface area contributed by atoms with Crippen LogP contribution in [0.5, 0.6) is 0 Å².